The summed E-state index contributed by atoms with van der Waals surface area (Å²) in [6, 6.07) is 12.0. The van der Waals surface area contributed by atoms with Crippen LogP contribution < -0.4 is 0 Å². The van der Waals surface area contributed by atoms with Crippen LogP contribution in [0.3, 0.4) is 0 Å². The van der Waals surface area contributed by atoms with Gasteiger partial charge in [-0.2, -0.15) is 11.3 Å². The van der Waals surface area contributed by atoms with Crippen LogP contribution in [0.25, 0.3) is 5.57 Å². The highest BCUT2D eigenvalue weighted by Gasteiger charge is 2.18. The average Bonchev–Trinajstić information content (AvgIpc) is 3.04. The Morgan fingerprint density at radius 2 is 1.83 bits per heavy atom. The summed E-state index contributed by atoms with van der Waals surface area (Å²) >= 11 is 1.62. The molecule has 0 spiro atoms. The monoisotopic (exact) mass is 254 g/mol. The Hall–Kier alpha value is -2.13. The zero-order chi connectivity index (χ0) is 12.4. The summed E-state index contributed by atoms with van der Waals surface area (Å²) in [6.07, 6.45) is 3.17. The molecule has 88 valence electrons. The molecule has 0 saturated carbocycles. The van der Waals surface area contributed by atoms with Gasteiger partial charge in [-0.3, -0.25) is 0 Å². The van der Waals surface area contributed by atoms with Gasteiger partial charge in [0.2, 0.25) is 0 Å². The van der Waals surface area contributed by atoms with Crippen LogP contribution in [0.2, 0.25) is 0 Å². The van der Waals surface area contributed by atoms with E-state index in [9.17, 15) is 4.79 Å². The zero-order valence-electron chi connectivity index (χ0n) is 9.50. The molecule has 1 aliphatic rings. The third kappa shape index (κ3) is 2.00. The van der Waals surface area contributed by atoms with Crippen molar-refractivity contribution in [3.63, 3.8) is 0 Å². The van der Waals surface area contributed by atoms with Gasteiger partial charge in [0.05, 0.1) is 0 Å². The number of cyclic esters (lactones) is 1. The van der Waals surface area contributed by atoms with Gasteiger partial charge in [0, 0.05) is 11.6 Å². The molecular formula is C15H10O2S. The fourth-order valence-corrected chi connectivity index (χ4v) is 2.56. The molecule has 3 heteroatoms. The van der Waals surface area contributed by atoms with E-state index in [1.807, 2.05) is 41.8 Å². The van der Waals surface area contributed by atoms with Crippen molar-refractivity contribution in [1.82, 2.24) is 0 Å². The normalized spacial score (nSPS) is 16.8. The molecule has 0 amide bonds. The van der Waals surface area contributed by atoms with Gasteiger partial charge in [-0.25, -0.2) is 4.79 Å². The van der Waals surface area contributed by atoms with Crippen LogP contribution in [0.4, 0.5) is 0 Å². The summed E-state index contributed by atoms with van der Waals surface area (Å²) in [7, 11) is 0. The number of thiophene rings is 1. The smallest absolute Gasteiger partial charge is 0.336 e. The van der Waals surface area contributed by atoms with Crippen LogP contribution in [0.1, 0.15) is 11.1 Å². The Balaban J connectivity index is 2.17. The summed E-state index contributed by atoms with van der Waals surface area (Å²) in [5, 5.41) is 4.06. The Bertz CT molecular complexity index is 622. The van der Waals surface area contributed by atoms with E-state index in [1.54, 1.807) is 17.4 Å². The lowest BCUT2D eigenvalue weighted by molar-refractivity contribution is -0.132. The number of carbonyl (C=O) groups excluding carboxylic acids is 1. The van der Waals surface area contributed by atoms with Crippen molar-refractivity contribution in [1.29, 1.82) is 0 Å². The molecule has 1 aromatic carbocycles. The SMILES string of the molecule is O=C1C=C/C(=C(/c2ccccc2)c2ccsc2)O1. The first-order valence-corrected chi connectivity index (χ1v) is 6.51. The summed E-state index contributed by atoms with van der Waals surface area (Å²) in [6.45, 7) is 0. The Labute approximate surface area is 109 Å². The van der Waals surface area contributed by atoms with Gasteiger partial charge >= 0.3 is 5.97 Å². The van der Waals surface area contributed by atoms with Crippen molar-refractivity contribution in [3.8, 4) is 0 Å². The van der Waals surface area contributed by atoms with Gasteiger partial charge in [0.25, 0.3) is 0 Å². The molecule has 0 unspecified atom stereocenters. The van der Waals surface area contributed by atoms with Gasteiger partial charge in [-0.15, -0.1) is 0 Å². The van der Waals surface area contributed by atoms with Gasteiger partial charge in [-0.1, -0.05) is 30.3 Å². The molecule has 18 heavy (non-hydrogen) atoms. The summed E-state index contributed by atoms with van der Waals surface area (Å²) in [5.74, 6) is 0.304. The first-order chi connectivity index (χ1) is 8.84. The fraction of sp³-hybridized carbons (Fsp3) is 0. The largest absolute Gasteiger partial charge is 0.423 e. The van der Waals surface area contributed by atoms with Crippen LogP contribution >= 0.6 is 11.3 Å². The van der Waals surface area contributed by atoms with E-state index in [1.165, 1.54) is 6.08 Å². The Morgan fingerprint density at radius 1 is 1.00 bits per heavy atom. The number of rotatable bonds is 2. The van der Waals surface area contributed by atoms with E-state index < -0.39 is 0 Å². The first-order valence-electron chi connectivity index (χ1n) is 5.57. The third-order valence-corrected chi connectivity index (χ3v) is 3.38. The molecule has 2 heterocycles. The third-order valence-electron chi connectivity index (χ3n) is 2.70. The van der Waals surface area contributed by atoms with Crippen LogP contribution in [0.5, 0.6) is 0 Å². The van der Waals surface area contributed by atoms with Gasteiger partial charge in [0.1, 0.15) is 5.76 Å². The topological polar surface area (TPSA) is 26.3 Å². The van der Waals surface area contributed by atoms with Crippen LogP contribution in [0.15, 0.2) is 65.1 Å². The van der Waals surface area contributed by atoms with Crippen molar-refractivity contribution in [3.05, 3.63) is 76.2 Å². The Kier molecular flexibility index (Phi) is 2.82. The molecule has 1 aliphatic heterocycles. The van der Waals surface area contributed by atoms with Crippen molar-refractivity contribution >= 4 is 22.9 Å². The maximum Gasteiger partial charge on any atom is 0.336 e. The van der Waals surface area contributed by atoms with Crippen LogP contribution in [-0.2, 0) is 9.53 Å². The van der Waals surface area contributed by atoms with E-state index in [0.717, 1.165) is 16.7 Å². The highest BCUT2D eigenvalue weighted by molar-refractivity contribution is 7.08. The lowest BCUT2D eigenvalue weighted by atomic mass is 9.99. The van der Waals surface area contributed by atoms with Crippen molar-refractivity contribution < 1.29 is 9.53 Å². The number of carbonyl (C=O) groups is 1. The number of ether oxygens (including phenoxy) is 1. The summed E-state index contributed by atoms with van der Waals surface area (Å²) < 4.78 is 5.24. The van der Waals surface area contributed by atoms with Crippen LogP contribution in [0, 0.1) is 0 Å². The van der Waals surface area contributed by atoms with Crippen molar-refractivity contribution in [2.45, 2.75) is 0 Å². The second kappa shape index (κ2) is 4.63. The minimum atomic E-state index is -0.311. The first kappa shape index (κ1) is 11.0. The lowest BCUT2D eigenvalue weighted by Gasteiger charge is -2.08. The average molecular weight is 254 g/mol. The molecule has 0 radical (unpaired) electrons. The molecule has 0 bridgehead atoms. The Morgan fingerprint density at radius 3 is 2.44 bits per heavy atom. The second-order valence-electron chi connectivity index (χ2n) is 3.87. The van der Waals surface area contributed by atoms with Gasteiger partial charge in [-0.05, 0) is 34.0 Å². The molecule has 1 aromatic heterocycles. The van der Waals surface area contributed by atoms with Gasteiger partial charge in [0.15, 0.2) is 0 Å². The standard InChI is InChI=1S/C15H10O2S/c16-14-7-6-13(17-14)15(12-8-9-18-10-12)11-4-2-1-3-5-11/h1-10H/b15-13+. The highest BCUT2D eigenvalue weighted by atomic mass is 32.1. The minimum absolute atomic E-state index is 0.311. The molecule has 2 aromatic rings. The predicted octanol–water partition coefficient (Wildman–Crippen LogP) is 3.62. The molecule has 0 fully saturated rings. The number of hydrogen-bond acceptors (Lipinski definition) is 3. The summed E-state index contributed by atoms with van der Waals surface area (Å²) in [4.78, 5) is 11.2. The van der Waals surface area contributed by atoms with E-state index in [2.05, 4.69) is 5.38 Å². The molecule has 0 N–H and O–H groups in total. The molecule has 3 rings (SSSR count). The van der Waals surface area contributed by atoms with Gasteiger partial charge < -0.3 is 4.74 Å². The van der Waals surface area contributed by atoms with Crippen LogP contribution in [-0.4, -0.2) is 5.97 Å². The zero-order valence-corrected chi connectivity index (χ0v) is 10.3. The summed E-state index contributed by atoms with van der Waals surface area (Å²) in [5.41, 5.74) is 3.07. The molecule has 2 nitrogen and oxygen atoms in total. The molecule has 0 aliphatic carbocycles. The minimum Gasteiger partial charge on any atom is -0.423 e. The molecular weight excluding hydrogens is 244 g/mol. The number of esters is 1. The second-order valence-corrected chi connectivity index (χ2v) is 4.65. The van der Waals surface area contributed by atoms with Crippen molar-refractivity contribution in [2.24, 2.45) is 0 Å². The molecule has 0 saturated heterocycles. The van der Waals surface area contributed by atoms with E-state index >= 15 is 0 Å². The molecule has 0 atom stereocenters. The highest BCUT2D eigenvalue weighted by Crippen LogP contribution is 2.31. The fourth-order valence-electron chi connectivity index (χ4n) is 1.92. The quantitative estimate of drug-likeness (QED) is 0.765. The maximum atomic E-state index is 11.2. The van der Waals surface area contributed by atoms with E-state index in [-0.39, 0.29) is 5.97 Å². The lowest BCUT2D eigenvalue weighted by Crippen LogP contribution is -1.96. The van der Waals surface area contributed by atoms with Crippen molar-refractivity contribution in [2.75, 3.05) is 0 Å². The predicted molar refractivity (Wildman–Crippen MR) is 72.0 cm³/mol. The number of hydrogen-bond donors (Lipinski definition) is 0. The number of benzene rings is 1. The maximum absolute atomic E-state index is 11.2. The number of allylic oxidation sites excluding steroid dienone is 1. The van der Waals surface area contributed by atoms with E-state index in [4.69, 9.17) is 4.74 Å². The van der Waals surface area contributed by atoms with E-state index in [0.29, 0.717) is 5.76 Å².